The lowest BCUT2D eigenvalue weighted by Crippen LogP contribution is -2.17. The molecule has 10 heteroatoms. The number of halogens is 3. The number of nitrogens with zero attached hydrogens (tertiary/aromatic N) is 3. The highest BCUT2D eigenvalue weighted by Crippen LogP contribution is 2.32. The zero-order chi connectivity index (χ0) is 17.0. The van der Waals surface area contributed by atoms with E-state index in [1.165, 1.54) is 23.9 Å². The number of nitrogens with two attached hydrogens (primary N) is 2. The van der Waals surface area contributed by atoms with Crippen molar-refractivity contribution in [3.8, 4) is 5.75 Å². The van der Waals surface area contributed by atoms with Crippen LogP contribution in [0.4, 0.5) is 25.1 Å². The van der Waals surface area contributed by atoms with Gasteiger partial charge in [-0.05, 0) is 24.6 Å². The summed E-state index contributed by atoms with van der Waals surface area (Å²) in [7, 11) is 0. The van der Waals surface area contributed by atoms with Crippen LogP contribution >= 0.6 is 11.8 Å². The fraction of sp³-hybridized carbons (Fsp3) is 0.308. The topological polar surface area (TPSA) is 99.9 Å². The van der Waals surface area contributed by atoms with Crippen molar-refractivity contribution in [2.24, 2.45) is 0 Å². The third kappa shape index (κ3) is 5.47. The minimum Gasteiger partial charge on any atom is -0.406 e. The minimum absolute atomic E-state index is 0.00847. The summed E-state index contributed by atoms with van der Waals surface area (Å²) in [5.74, 6) is 0.739. The van der Waals surface area contributed by atoms with E-state index in [4.69, 9.17) is 11.5 Å². The van der Waals surface area contributed by atoms with Crippen LogP contribution in [0.15, 0.2) is 24.3 Å². The molecule has 1 aromatic heterocycles. The predicted octanol–water partition coefficient (Wildman–Crippen LogP) is 2.93. The monoisotopic (exact) mass is 345 g/mol. The summed E-state index contributed by atoms with van der Waals surface area (Å²) in [4.78, 5) is 11.6. The molecule has 0 amide bonds. The van der Waals surface area contributed by atoms with Gasteiger partial charge in [0.15, 0.2) is 0 Å². The van der Waals surface area contributed by atoms with Gasteiger partial charge in [0, 0.05) is 5.25 Å². The summed E-state index contributed by atoms with van der Waals surface area (Å²) in [5.41, 5.74) is 11.8. The summed E-state index contributed by atoms with van der Waals surface area (Å²) in [6, 6.07) is 5.71. The first-order valence-electron chi connectivity index (χ1n) is 6.46. The first kappa shape index (κ1) is 17.1. The minimum atomic E-state index is -4.69. The van der Waals surface area contributed by atoms with Crippen LogP contribution in [0.2, 0.25) is 0 Å². The second-order valence-electron chi connectivity index (χ2n) is 4.54. The average molecular weight is 345 g/mol. The number of ether oxygens (including phenoxy) is 1. The van der Waals surface area contributed by atoms with Crippen molar-refractivity contribution in [3.05, 3.63) is 35.7 Å². The van der Waals surface area contributed by atoms with Crippen molar-refractivity contribution in [1.29, 1.82) is 0 Å². The third-order valence-electron chi connectivity index (χ3n) is 2.76. The van der Waals surface area contributed by atoms with Gasteiger partial charge in [0.25, 0.3) is 0 Å². The van der Waals surface area contributed by atoms with Crippen molar-refractivity contribution < 1.29 is 17.9 Å². The predicted molar refractivity (Wildman–Crippen MR) is 81.5 cm³/mol. The maximum Gasteiger partial charge on any atom is 0.573 e. The molecule has 4 N–H and O–H groups in total. The number of rotatable bonds is 5. The van der Waals surface area contributed by atoms with Crippen molar-refractivity contribution in [3.63, 3.8) is 0 Å². The van der Waals surface area contributed by atoms with Crippen LogP contribution in [0.25, 0.3) is 0 Å². The summed E-state index contributed by atoms with van der Waals surface area (Å²) in [5, 5.41) is 0.00847. The normalized spacial score (nSPS) is 12.9. The molecular formula is C13H14F3N5OS. The first-order valence-corrected chi connectivity index (χ1v) is 7.51. The largest absolute Gasteiger partial charge is 0.573 e. The molecular weight excluding hydrogens is 331 g/mol. The van der Waals surface area contributed by atoms with Crippen molar-refractivity contribution in [2.45, 2.75) is 24.3 Å². The molecule has 1 aromatic carbocycles. The number of aromatic nitrogens is 3. The highest BCUT2D eigenvalue weighted by atomic mass is 32.2. The van der Waals surface area contributed by atoms with Crippen LogP contribution in [0.1, 0.15) is 23.6 Å². The van der Waals surface area contributed by atoms with E-state index in [0.717, 1.165) is 5.56 Å². The molecule has 0 saturated heterocycles. The Morgan fingerprint density at radius 2 is 1.65 bits per heavy atom. The lowest BCUT2D eigenvalue weighted by Gasteiger charge is -2.13. The standard InChI is InChI=1S/C13H14F3N5OS/c1-7(23-6-10-19-11(17)21-12(18)20-10)8-2-4-9(5-3-8)22-13(14,15)16/h2-5,7H,6H2,1H3,(H4,17,18,19,20,21)/t7-/m1/s1. The quantitative estimate of drug-likeness (QED) is 0.859. The molecule has 0 aliphatic carbocycles. The van der Waals surface area contributed by atoms with Gasteiger partial charge in [-0.25, -0.2) is 0 Å². The van der Waals surface area contributed by atoms with E-state index in [1.807, 2.05) is 6.92 Å². The van der Waals surface area contributed by atoms with Gasteiger partial charge in [0.2, 0.25) is 11.9 Å². The molecule has 0 saturated carbocycles. The lowest BCUT2D eigenvalue weighted by atomic mass is 10.2. The second kappa shape index (κ2) is 6.90. The Morgan fingerprint density at radius 3 is 2.17 bits per heavy atom. The number of benzene rings is 1. The van der Waals surface area contributed by atoms with Gasteiger partial charge < -0.3 is 16.2 Å². The lowest BCUT2D eigenvalue weighted by molar-refractivity contribution is -0.274. The molecule has 0 fully saturated rings. The van der Waals surface area contributed by atoms with Gasteiger partial charge >= 0.3 is 6.36 Å². The summed E-state index contributed by atoms with van der Waals surface area (Å²) >= 11 is 1.49. The molecule has 1 heterocycles. The van der Waals surface area contributed by atoms with E-state index >= 15 is 0 Å². The Morgan fingerprint density at radius 1 is 1.09 bits per heavy atom. The van der Waals surface area contributed by atoms with E-state index in [2.05, 4.69) is 19.7 Å². The first-order chi connectivity index (χ1) is 10.7. The molecule has 2 rings (SSSR count). The SMILES string of the molecule is C[C@@H](SCc1nc(N)nc(N)n1)c1ccc(OC(F)(F)F)cc1. The molecule has 23 heavy (non-hydrogen) atoms. The van der Waals surface area contributed by atoms with Crippen LogP contribution in [0.5, 0.6) is 5.75 Å². The van der Waals surface area contributed by atoms with Gasteiger partial charge in [-0.3, -0.25) is 0 Å². The molecule has 0 spiro atoms. The Bertz CT molecular complexity index is 645. The van der Waals surface area contributed by atoms with Gasteiger partial charge in [-0.1, -0.05) is 12.1 Å². The summed E-state index contributed by atoms with van der Waals surface area (Å²) in [6.07, 6.45) is -4.69. The molecule has 0 aliphatic heterocycles. The fourth-order valence-electron chi connectivity index (χ4n) is 1.76. The number of hydrogen-bond acceptors (Lipinski definition) is 7. The molecule has 0 bridgehead atoms. The number of alkyl halides is 3. The molecule has 124 valence electrons. The number of anilines is 2. The highest BCUT2D eigenvalue weighted by molar-refractivity contribution is 7.98. The molecule has 6 nitrogen and oxygen atoms in total. The zero-order valence-corrected chi connectivity index (χ0v) is 12.9. The van der Waals surface area contributed by atoms with Gasteiger partial charge in [-0.2, -0.15) is 15.0 Å². The van der Waals surface area contributed by atoms with Gasteiger partial charge in [0.05, 0.1) is 5.75 Å². The van der Waals surface area contributed by atoms with Crippen molar-refractivity contribution in [1.82, 2.24) is 15.0 Å². The molecule has 0 radical (unpaired) electrons. The van der Waals surface area contributed by atoms with Crippen molar-refractivity contribution in [2.75, 3.05) is 11.5 Å². The smallest absolute Gasteiger partial charge is 0.406 e. The van der Waals surface area contributed by atoms with E-state index in [1.54, 1.807) is 12.1 Å². The molecule has 0 aliphatic rings. The van der Waals surface area contributed by atoms with E-state index in [0.29, 0.717) is 11.6 Å². The van der Waals surface area contributed by atoms with E-state index < -0.39 is 6.36 Å². The Kier molecular flexibility index (Phi) is 5.14. The van der Waals surface area contributed by atoms with Crippen LogP contribution in [-0.2, 0) is 5.75 Å². The van der Waals surface area contributed by atoms with Crippen LogP contribution in [0, 0.1) is 0 Å². The Labute approximate surface area is 134 Å². The van der Waals surface area contributed by atoms with E-state index in [9.17, 15) is 13.2 Å². The van der Waals surface area contributed by atoms with Crippen molar-refractivity contribution >= 4 is 23.7 Å². The molecule has 1 atom stereocenters. The number of hydrogen-bond donors (Lipinski definition) is 2. The zero-order valence-electron chi connectivity index (χ0n) is 12.0. The molecule has 0 unspecified atom stereocenters. The fourth-order valence-corrected chi connectivity index (χ4v) is 2.64. The second-order valence-corrected chi connectivity index (χ2v) is 5.87. The summed E-state index contributed by atoms with van der Waals surface area (Å²) < 4.78 is 40.2. The maximum absolute atomic E-state index is 12.1. The Balaban J connectivity index is 1.96. The Hall–Kier alpha value is -2.23. The molecule has 2 aromatic rings. The number of nitrogen functional groups attached to an aromatic ring is 2. The van der Waals surface area contributed by atoms with Crippen LogP contribution in [-0.4, -0.2) is 21.3 Å². The highest BCUT2D eigenvalue weighted by Gasteiger charge is 2.31. The third-order valence-corrected chi connectivity index (χ3v) is 3.96. The van der Waals surface area contributed by atoms with Crippen LogP contribution < -0.4 is 16.2 Å². The van der Waals surface area contributed by atoms with Gasteiger partial charge in [-0.15, -0.1) is 24.9 Å². The van der Waals surface area contributed by atoms with E-state index in [-0.39, 0.29) is 22.9 Å². The van der Waals surface area contributed by atoms with Crippen LogP contribution in [0.3, 0.4) is 0 Å². The number of thioether (sulfide) groups is 1. The summed E-state index contributed by atoms with van der Waals surface area (Å²) in [6.45, 7) is 1.91. The maximum atomic E-state index is 12.1. The van der Waals surface area contributed by atoms with Gasteiger partial charge in [0.1, 0.15) is 11.6 Å². The average Bonchev–Trinajstić information content (AvgIpc) is 2.43.